The van der Waals surface area contributed by atoms with Gasteiger partial charge in [0.1, 0.15) is 11.6 Å². The van der Waals surface area contributed by atoms with E-state index in [-0.39, 0.29) is 11.4 Å². The third-order valence-electron chi connectivity index (χ3n) is 3.37. The zero-order chi connectivity index (χ0) is 16.9. The smallest absolute Gasteiger partial charge is 0.255 e. The summed E-state index contributed by atoms with van der Waals surface area (Å²) in [6, 6.07) is 6.26. The van der Waals surface area contributed by atoms with E-state index in [4.69, 9.17) is 0 Å². The summed E-state index contributed by atoms with van der Waals surface area (Å²) in [4.78, 5) is 27.5. The van der Waals surface area contributed by atoms with Crippen LogP contribution in [0.2, 0.25) is 0 Å². The van der Waals surface area contributed by atoms with Crippen LogP contribution in [0.1, 0.15) is 22.5 Å². The Morgan fingerprint density at radius 1 is 1.04 bits per heavy atom. The topological polar surface area (TPSA) is 71.5 Å². The van der Waals surface area contributed by atoms with Crippen molar-refractivity contribution >= 4 is 11.8 Å². The molecule has 0 bridgehead atoms. The summed E-state index contributed by atoms with van der Waals surface area (Å²) in [6.07, 6.45) is 5.43. The van der Waals surface area contributed by atoms with Crippen molar-refractivity contribution in [3.05, 3.63) is 81.5 Å². The van der Waals surface area contributed by atoms with Crippen molar-refractivity contribution in [3.8, 4) is 0 Å². The van der Waals surface area contributed by atoms with E-state index in [2.05, 4.69) is 19.9 Å². The van der Waals surface area contributed by atoms with Gasteiger partial charge in [-0.25, -0.2) is 19.3 Å². The average molecular weight is 342 g/mol. The van der Waals surface area contributed by atoms with Gasteiger partial charge in [-0.3, -0.25) is 4.79 Å². The standard InChI is InChI=1S/C17H15FN4OS/c1-11-19-7-13(8-20-11)6-14-9-21-17(22-16(14)23)24-10-12-2-4-15(18)5-3-12/h2-5,7-9H,6,10H2,1H3,(H,21,22,23). The first-order valence-corrected chi connectivity index (χ1v) is 8.31. The lowest BCUT2D eigenvalue weighted by molar-refractivity contribution is 0.627. The van der Waals surface area contributed by atoms with Crippen LogP contribution in [0, 0.1) is 12.7 Å². The number of nitrogens with one attached hydrogen (secondary N) is 1. The lowest BCUT2D eigenvalue weighted by Gasteiger charge is -2.04. The van der Waals surface area contributed by atoms with Crippen LogP contribution in [0.15, 0.2) is 52.8 Å². The molecule has 3 rings (SSSR count). The highest BCUT2D eigenvalue weighted by Crippen LogP contribution is 2.18. The molecule has 2 heterocycles. The minimum atomic E-state index is -0.264. The molecule has 0 unspecified atom stereocenters. The quantitative estimate of drug-likeness (QED) is 0.570. The zero-order valence-electron chi connectivity index (χ0n) is 13.0. The van der Waals surface area contributed by atoms with Gasteiger partial charge in [-0.05, 0) is 30.2 Å². The second kappa shape index (κ2) is 7.35. The van der Waals surface area contributed by atoms with E-state index in [1.165, 1.54) is 23.9 Å². The van der Waals surface area contributed by atoms with E-state index in [0.29, 0.717) is 28.7 Å². The largest absolute Gasteiger partial charge is 0.301 e. The Morgan fingerprint density at radius 2 is 1.75 bits per heavy atom. The molecule has 0 saturated heterocycles. The van der Waals surface area contributed by atoms with Gasteiger partial charge >= 0.3 is 0 Å². The Kier molecular flexibility index (Phi) is 5.00. The molecule has 0 radical (unpaired) electrons. The fourth-order valence-corrected chi connectivity index (χ4v) is 2.85. The van der Waals surface area contributed by atoms with Gasteiger partial charge in [-0.2, -0.15) is 0 Å². The normalized spacial score (nSPS) is 10.8. The van der Waals surface area contributed by atoms with Crippen molar-refractivity contribution in [2.24, 2.45) is 0 Å². The van der Waals surface area contributed by atoms with Crippen molar-refractivity contribution < 1.29 is 4.39 Å². The Labute approximate surface area is 142 Å². The van der Waals surface area contributed by atoms with Gasteiger partial charge in [-0.1, -0.05) is 23.9 Å². The van der Waals surface area contributed by atoms with Gasteiger partial charge in [0.25, 0.3) is 5.56 Å². The summed E-state index contributed by atoms with van der Waals surface area (Å²) >= 11 is 1.40. The Hall–Kier alpha value is -2.54. The lowest BCUT2D eigenvalue weighted by atomic mass is 10.1. The molecule has 5 nitrogen and oxygen atoms in total. The predicted molar refractivity (Wildman–Crippen MR) is 90.4 cm³/mol. The van der Waals surface area contributed by atoms with Gasteiger partial charge in [-0.15, -0.1) is 0 Å². The molecule has 0 spiro atoms. The first kappa shape index (κ1) is 16.3. The van der Waals surface area contributed by atoms with Gasteiger partial charge in [0.05, 0.1) is 0 Å². The highest BCUT2D eigenvalue weighted by molar-refractivity contribution is 7.98. The average Bonchev–Trinajstić information content (AvgIpc) is 2.58. The number of benzene rings is 1. The van der Waals surface area contributed by atoms with Gasteiger partial charge in [0.15, 0.2) is 5.16 Å². The number of hydrogen-bond acceptors (Lipinski definition) is 5. The summed E-state index contributed by atoms with van der Waals surface area (Å²) in [6.45, 7) is 1.81. The van der Waals surface area contributed by atoms with Crippen LogP contribution in [-0.4, -0.2) is 19.9 Å². The van der Waals surface area contributed by atoms with E-state index in [9.17, 15) is 9.18 Å². The molecule has 0 fully saturated rings. The molecule has 3 aromatic rings. The number of aryl methyl sites for hydroxylation is 1. The number of nitrogens with zero attached hydrogens (tertiary/aromatic N) is 3. The molecule has 1 N–H and O–H groups in total. The van der Waals surface area contributed by atoms with E-state index >= 15 is 0 Å². The van der Waals surface area contributed by atoms with Crippen LogP contribution in [0.5, 0.6) is 0 Å². The molecule has 0 aliphatic heterocycles. The van der Waals surface area contributed by atoms with Crippen molar-refractivity contribution in [1.82, 2.24) is 19.9 Å². The van der Waals surface area contributed by atoms with Gasteiger partial charge in [0, 0.05) is 36.3 Å². The molecule has 1 aromatic carbocycles. The van der Waals surface area contributed by atoms with Crippen LogP contribution >= 0.6 is 11.8 Å². The lowest BCUT2D eigenvalue weighted by Crippen LogP contribution is -2.15. The van der Waals surface area contributed by atoms with E-state index < -0.39 is 0 Å². The maximum atomic E-state index is 12.9. The van der Waals surface area contributed by atoms with Crippen molar-refractivity contribution in [3.63, 3.8) is 0 Å². The maximum absolute atomic E-state index is 12.9. The third-order valence-corrected chi connectivity index (χ3v) is 4.33. The molecule has 7 heteroatoms. The minimum Gasteiger partial charge on any atom is -0.301 e. The summed E-state index contributed by atoms with van der Waals surface area (Å²) < 4.78 is 12.9. The van der Waals surface area contributed by atoms with Gasteiger partial charge in [0.2, 0.25) is 0 Å². The molecular weight excluding hydrogens is 327 g/mol. The summed E-state index contributed by atoms with van der Waals surface area (Å²) in [5, 5.41) is 0.535. The first-order valence-electron chi connectivity index (χ1n) is 7.33. The van der Waals surface area contributed by atoms with Crippen LogP contribution in [0.4, 0.5) is 4.39 Å². The maximum Gasteiger partial charge on any atom is 0.255 e. The molecule has 0 amide bonds. The Bertz CT molecular complexity index is 878. The van der Waals surface area contributed by atoms with E-state index in [0.717, 1.165) is 11.1 Å². The number of aromatic amines is 1. The Balaban J connectivity index is 1.66. The molecule has 24 heavy (non-hydrogen) atoms. The number of H-pyrrole nitrogens is 1. The summed E-state index contributed by atoms with van der Waals surface area (Å²) in [5.74, 6) is 1.03. The fourth-order valence-electron chi connectivity index (χ4n) is 2.07. The van der Waals surface area contributed by atoms with Crippen LogP contribution in [0.3, 0.4) is 0 Å². The summed E-state index contributed by atoms with van der Waals surface area (Å²) in [5.41, 5.74) is 2.21. The second-order valence-electron chi connectivity index (χ2n) is 5.27. The van der Waals surface area contributed by atoms with Crippen molar-refractivity contribution in [2.75, 3.05) is 0 Å². The molecule has 0 atom stereocenters. The van der Waals surface area contributed by atoms with Crippen LogP contribution < -0.4 is 5.56 Å². The van der Waals surface area contributed by atoms with E-state index in [1.54, 1.807) is 30.7 Å². The number of hydrogen-bond donors (Lipinski definition) is 1. The monoisotopic (exact) mass is 342 g/mol. The molecule has 0 aliphatic rings. The molecule has 0 saturated carbocycles. The molecule has 0 aliphatic carbocycles. The summed E-state index contributed by atoms with van der Waals surface area (Å²) in [7, 11) is 0. The highest BCUT2D eigenvalue weighted by Gasteiger charge is 2.06. The molecular formula is C17H15FN4OS. The van der Waals surface area contributed by atoms with Gasteiger partial charge < -0.3 is 4.98 Å². The SMILES string of the molecule is Cc1ncc(Cc2cnc(SCc3ccc(F)cc3)[nH]c2=O)cn1. The number of rotatable bonds is 5. The predicted octanol–water partition coefficient (Wildman–Crippen LogP) is 2.89. The number of thioether (sulfide) groups is 1. The third kappa shape index (κ3) is 4.26. The highest BCUT2D eigenvalue weighted by atomic mass is 32.2. The van der Waals surface area contributed by atoms with Crippen LogP contribution in [0.25, 0.3) is 0 Å². The second-order valence-corrected chi connectivity index (χ2v) is 6.24. The van der Waals surface area contributed by atoms with Crippen molar-refractivity contribution in [2.45, 2.75) is 24.3 Å². The minimum absolute atomic E-state index is 0.174. The zero-order valence-corrected chi connectivity index (χ0v) is 13.8. The van der Waals surface area contributed by atoms with Crippen molar-refractivity contribution in [1.29, 1.82) is 0 Å². The molecule has 2 aromatic heterocycles. The number of halogens is 1. The molecule has 122 valence electrons. The Morgan fingerprint density at radius 3 is 2.42 bits per heavy atom. The number of aromatic nitrogens is 4. The fraction of sp³-hybridized carbons (Fsp3) is 0.176. The van der Waals surface area contributed by atoms with E-state index in [1.807, 2.05) is 6.92 Å². The first-order chi connectivity index (χ1) is 11.6. The van der Waals surface area contributed by atoms with Crippen LogP contribution in [-0.2, 0) is 12.2 Å².